The Kier molecular flexibility index (Phi) is 6.56. The van der Waals surface area contributed by atoms with Gasteiger partial charge in [0.05, 0.1) is 6.61 Å². The molecule has 1 aliphatic carbocycles. The number of hydrogen-bond donors (Lipinski definition) is 1. The molecule has 0 spiro atoms. The van der Waals surface area contributed by atoms with Crippen LogP contribution in [0, 0.1) is 11.3 Å². The van der Waals surface area contributed by atoms with E-state index in [0.717, 1.165) is 31.2 Å². The molecule has 2 nitrogen and oxygen atoms in total. The fourth-order valence-electron chi connectivity index (χ4n) is 3.42. The Morgan fingerprint density at radius 2 is 1.86 bits per heavy atom. The van der Waals surface area contributed by atoms with Crippen LogP contribution in [0.15, 0.2) is 30.3 Å². The highest BCUT2D eigenvalue weighted by Gasteiger charge is 2.32. The Morgan fingerprint density at radius 1 is 1.14 bits per heavy atom. The first-order valence-electron chi connectivity index (χ1n) is 8.59. The summed E-state index contributed by atoms with van der Waals surface area (Å²) in [4.78, 5) is 0. The van der Waals surface area contributed by atoms with Gasteiger partial charge in [0.2, 0.25) is 0 Å². The van der Waals surface area contributed by atoms with Crippen LogP contribution in [0.4, 0.5) is 0 Å². The number of benzene rings is 1. The number of rotatable bonds is 9. The highest BCUT2D eigenvalue weighted by Crippen LogP contribution is 2.41. The fraction of sp³-hybridized carbons (Fsp3) is 0.684. The second-order valence-electron chi connectivity index (χ2n) is 7.00. The lowest BCUT2D eigenvalue weighted by Gasteiger charge is -2.30. The van der Waals surface area contributed by atoms with E-state index in [2.05, 4.69) is 19.2 Å². The lowest BCUT2D eigenvalue weighted by Crippen LogP contribution is -2.34. The molecule has 21 heavy (non-hydrogen) atoms. The van der Waals surface area contributed by atoms with Gasteiger partial charge in [0, 0.05) is 6.54 Å². The van der Waals surface area contributed by atoms with E-state index in [1.54, 1.807) is 0 Å². The first-order valence-corrected chi connectivity index (χ1v) is 8.59. The molecule has 0 aromatic heterocycles. The second kappa shape index (κ2) is 8.43. The van der Waals surface area contributed by atoms with Crippen molar-refractivity contribution in [1.82, 2.24) is 5.32 Å². The maximum Gasteiger partial charge on any atom is 0.119 e. The number of ether oxygens (including phenoxy) is 1. The van der Waals surface area contributed by atoms with Gasteiger partial charge in [-0.15, -0.1) is 0 Å². The van der Waals surface area contributed by atoms with Gasteiger partial charge in [-0.1, -0.05) is 44.9 Å². The van der Waals surface area contributed by atoms with Gasteiger partial charge in [0.15, 0.2) is 0 Å². The normalized spacial score (nSPS) is 17.3. The largest absolute Gasteiger partial charge is 0.494 e. The van der Waals surface area contributed by atoms with Crippen LogP contribution in [-0.4, -0.2) is 19.7 Å². The third-order valence-corrected chi connectivity index (χ3v) is 4.58. The van der Waals surface area contributed by atoms with Gasteiger partial charge in [0.1, 0.15) is 5.75 Å². The highest BCUT2D eigenvalue weighted by molar-refractivity contribution is 5.20. The second-order valence-corrected chi connectivity index (χ2v) is 7.00. The van der Waals surface area contributed by atoms with Gasteiger partial charge >= 0.3 is 0 Å². The fourth-order valence-corrected chi connectivity index (χ4v) is 3.42. The summed E-state index contributed by atoms with van der Waals surface area (Å²) < 4.78 is 5.83. The van der Waals surface area contributed by atoms with Crippen LogP contribution in [-0.2, 0) is 0 Å². The molecule has 2 heteroatoms. The minimum absolute atomic E-state index is 0.537. The molecular weight excluding hydrogens is 258 g/mol. The quantitative estimate of drug-likeness (QED) is 0.668. The topological polar surface area (TPSA) is 21.3 Å². The summed E-state index contributed by atoms with van der Waals surface area (Å²) in [5.41, 5.74) is 0.537. The van der Waals surface area contributed by atoms with Crippen molar-refractivity contribution in [3.63, 3.8) is 0 Å². The minimum atomic E-state index is 0.537. The Morgan fingerprint density at radius 3 is 2.52 bits per heavy atom. The van der Waals surface area contributed by atoms with Crippen LogP contribution in [0.25, 0.3) is 0 Å². The molecule has 1 aromatic rings. The van der Waals surface area contributed by atoms with Crippen molar-refractivity contribution in [1.29, 1.82) is 0 Å². The van der Waals surface area contributed by atoms with E-state index in [1.165, 1.54) is 38.6 Å². The molecule has 0 amide bonds. The van der Waals surface area contributed by atoms with Crippen molar-refractivity contribution in [3.8, 4) is 5.75 Å². The van der Waals surface area contributed by atoms with Crippen molar-refractivity contribution in [2.75, 3.05) is 19.7 Å². The standard InChI is InChI=1S/C19H31NO/c1-17(2)15-20-16-19(11-6-7-12-19)13-8-14-21-18-9-4-3-5-10-18/h3-5,9-10,17,20H,6-8,11-16H2,1-2H3. The van der Waals surface area contributed by atoms with Crippen molar-refractivity contribution < 1.29 is 4.74 Å². The van der Waals surface area contributed by atoms with Gasteiger partial charge in [-0.25, -0.2) is 0 Å². The first kappa shape index (κ1) is 16.4. The molecule has 0 saturated heterocycles. The molecule has 118 valence electrons. The van der Waals surface area contributed by atoms with Crippen LogP contribution in [0.3, 0.4) is 0 Å². The molecule has 1 aliphatic rings. The maximum atomic E-state index is 5.83. The summed E-state index contributed by atoms with van der Waals surface area (Å²) in [6.45, 7) is 7.73. The molecule has 0 heterocycles. The average molecular weight is 289 g/mol. The predicted octanol–water partition coefficient (Wildman–Crippen LogP) is 4.65. The van der Waals surface area contributed by atoms with E-state index in [-0.39, 0.29) is 0 Å². The van der Waals surface area contributed by atoms with E-state index in [0.29, 0.717) is 5.41 Å². The summed E-state index contributed by atoms with van der Waals surface area (Å²) in [5.74, 6) is 1.74. The zero-order valence-corrected chi connectivity index (χ0v) is 13.7. The third-order valence-electron chi connectivity index (χ3n) is 4.58. The first-order chi connectivity index (χ1) is 10.2. The summed E-state index contributed by atoms with van der Waals surface area (Å²) in [6, 6.07) is 10.2. The molecule has 2 rings (SSSR count). The van der Waals surface area contributed by atoms with Crippen molar-refractivity contribution in [2.24, 2.45) is 11.3 Å². The molecule has 0 bridgehead atoms. The summed E-state index contributed by atoms with van der Waals surface area (Å²) in [7, 11) is 0. The number of nitrogens with one attached hydrogen (secondary N) is 1. The lowest BCUT2D eigenvalue weighted by molar-refractivity contribution is 0.216. The van der Waals surface area contributed by atoms with Crippen LogP contribution < -0.4 is 10.1 Å². The highest BCUT2D eigenvalue weighted by atomic mass is 16.5. The van der Waals surface area contributed by atoms with Crippen molar-refractivity contribution in [3.05, 3.63) is 30.3 Å². The Hall–Kier alpha value is -1.02. The van der Waals surface area contributed by atoms with Gasteiger partial charge in [-0.2, -0.15) is 0 Å². The minimum Gasteiger partial charge on any atom is -0.494 e. The molecule has 1 saturated carbocycles. The Labute approximate surface area is 130 Å². The zero-order valence-electron chi connectivity index (χ0n) is 13.7. The Bertz CT molecular complexity index is 382. The smallest absolute Gasteiger partial charge is 0.119 e. The summed E-state index contributed by atoms with van der Waals surface area (Å²) in [6.07, 6.45) is 8.06. The number of hydrogen-bond acceptors (Lipinski definition) is 2. The molecule has 1 aromatic carbocycles. The molecule has 0 atom stereocenters. The van der Waals surface area contributed by atoms with E-state index in [1.807, 2.05) is 30.3 Å². The predicted molar refractivity (Wildman–Crippen MR) is 89.8 cm³/mol. The van der Waals surface area contributed by atoms with Gasteiger partial charge < -0.3 is 10.1 Å². The Balaban J connectivity index is 1.70. The van der Waals surface area contributed by atoms with Crippen molar-refractivity contribution in [2.45, 2.75) is 52.4 Å². The van der Waals surface area contributed by atoms with Crippen LogP contribution in [0.2, 0.25) is 0 Å². The monoisotopic (exact) mass is 289 g/mol. The van der Waals surface area contributed by atoms with Gasteiger partial charge in [-0.05, 0) is 55.7 Å². The van der Waals surface area contributed by atoms with Crippen LogP contribution >= 0.6 is 0 Å². The van der Waals surface area contributed by atoms with E-state index < -0.39 is 0 Å². The molecule has 1 N–H and O–H groups in total. The lowest BCUT2D eigenvalue weighted by atomic mass is 9.81. The molecule has 0 aliphatic heterocycles. The molecule has 0 radical (unpaired) electrons. The zero-order chi connectivity index (χ0) is 15.0. The van der Waals surface area contributed by atoms with E-state index in [9.17, 15) is 0 Å². The third kappa shape index (κ3) is 5.70. The van der Waals surface area contributed by atoms with E-state index in [4.69, 9.17) is 4.74 Å². The SMILES string of the molecule is CC(C)CNCC1(CCCOc2ccccc2)CCCC1. The van der Waals surface area contributed by atoms with Gasteiger partial charge in [-0.3, -0.25) is 0 Å². The summed E-state index contributed by atoms with van der Waals surface area (Å²) in [5, 5.41) is 3.69. The molecule has 1 fully saturated rings. The van der Waals surface area contributed by atoms with Crippen LogP contribution in [0.1, 0.15) is 52.4 Å². The number of para-hydroxylation sites is 1. The maximum absolute atomic E-state index is 5.83. The van der Waals surface area contributed by atoms with Crippen molar-refractivity contribution >= 4 is 0 Å². The average Bonchev–Trinajstić information content (AvgIpc) is 2.94. The van der Waals surface area contributed by atoms with Gasteiger partial charge in [0.25, 0.3) is 0 Å². The van der Waals surface area contributed by atoms with E-state index >= 15 is 0 Å². The summed E-state index contributed by atoms with van der Waals surface area (Å²) >= 11 is 0. The van der Waals surface area contributed by atoms with Crippen LogP contribution in [0.5, 0.6) is 5.75 Å². The molecule has 0 unspecified atom stereocenters. The molecular formula is C19H31NO.